The molecule has 0 saturated heterocycles. The molecule has 1 fully saturated rings. The molecule has 2 rings (SSSR count). The van der Waals surface area contributed by atoms with Gasteiger partial charge < -0.3 is 11.1 Å². The van der Waals surface area contributed by atoms with Gasteiger partial charge in [-0.3, -0.25) is 9.89 Å². The van der Waals surface area contributed by atoms with E-state index in [-0.39, 0.29) is 18.0 Å². The minimum atomic E-state index is -0.133. The third kappa shape index (κ3) is 2.41. The fourth-order valence-electron chi connectivity index (χ4n) is 2.12. The number of aromatic nitrogens is 2. The predicted octanol–water partition coefficient (Wildman–Crippen LogP) is 0.718. The van der Waals surface area contributed by atoms with Crippen LogP contribution in [0.1, 0.15) is 41.9 Å². The number of hydrogen-bond acceptors (Lipinski definition) is 3. The number of H-pyrrole nitrogens is 1. The van der Waals surface area contributed by atoms with Gasteiger partial charge in [0, 0.05) is 17.8 Å². The molecule has 1 aromatic rings. The maximum absolute atomic E-state index is 11.8. The van der Waals surface area contributed by atoms with Crippen molar-refractivity contribution in [3.05, 3.63) is 17.5 Å². The first kappa shape index (κ1) is 11.1. The summed E-state index contributed by atoms with van der Waals surface area (Å²) in [5, 5.41) is 9.64. The Bertz CT molecular complexity index is 374. The average Bonchev–Trinajstić information content (AvgIpc) is 2.68. The van der Waals surface area contributed by atoms with Gasteiger partial charge in [-0.1, -0.05) is 12.8 Å². The first-order valence-electron chi connectivity index (χ1n) is 5.75. The number of carbonyl (C=O) groups excluding carboxylic acids is 1. The molecule has 0 unspecified atom stereocenters. The SMILES string of the molecule is Cc1cc(C(=O)N[C@H]2CCCC[C@H]2N)n[nH]1. The van der Waals surface area contributed by atoms with E-state index in [1.165, 1.54) is 0 Å². The van der Waals surface area contributed by atoms with E-state index in [0.717, 1.165) is 31.4 Å². The summed E-state index contributed by atoms with van der Waals surface area (Å²) in [6.45, 7) is 1.87. The minimum absolute atomic E-state index is 0.0812. The minimum Gasteiger partial charge on any atom is -0.346 e. The lowest BCUT2D eigenvalue weighted by Crippen LogP contribution is -2.49. The summed E-state index contributed by atoms with van der Waals surface area (Å²) in [6.07, 6.45) is 4.26. The van der Waals surface area contributed by atoms with Crippen LogP contribution >= 0.6 is 0 Å². The molecule has 1 saturated carbocycles. The molecular formula is C11H18N4O. The number of carbonyl (C=O) groups is 1. The number of aromatic amines is 1. The molecule has 5 heteroatoms. The molecule has 1 aliphatic rings. The van der Waals surface area contributed by atoms with Crippen LogP contribution in [-0.2, 0) is 0 Å². The number of nitrogens with one attached hydrogen (secondary N) is 2. The zero-order valence-electron chi connectivity index (χ0n) is 9.49. The lowest BCUT2D eigenvalue weighted by atomic mass is 9.91. The molecule has 0 spiro atoms. The summed E-state index contributed by atoms with van der Waals surface area (Å²) in [5.74, 6) is -0.133. The van der Waals surface area contributed by atoms with Crippen LogP contribution in [0.15, 0.2) is 6.07 Å². The Hall–Kier alpha value is -1.36. The second kappa shape index (κ2) is 4.65. The van der Waals surface area contributed by atoms with Gasteiger partial charge in [0.05, 0.1) is 0 Å². The molecule has 4 N–H and O–H groups in total. The highest BCUT2D eigenvalue weighted by atomic mass is 16.2. The van der Waals surface area contributed by atoms with E-state index in [1.54, 1.807) is 6.07 Å². The van der Waals surface area contributed by atoms with Crippen molar-refractivity contribution in [3.8, 4) is 0 Å². The Balaban J connectivity index is 1.96. The van der Waals surface area contributed by atoms with Crippen LogP contribution < -0.4 is 11.1 Å². The molecule has 0 radical (unpaired) electrons. The Morgan fingerprint density at radius 2 is 2.31 bits per heavy atom. The van der Waals surface area contributed by atoms with Crippen LogP contribution in [0.2, 0.25) is 0 Å². The molecular weight excluding hydrogens is 204 g/mol. The van der Waals surface area contributed by atoms with Crippen LogP contribution in [-0.4, -0.2) is 28.2 Å². The van der Waals surface area contributed by atoms with E-state index in [2.05, 4.69) is 15.5 Å². The Morgan fingerprint density at radius 1 is 1.56 bits per heavy atom. The Morgan fingerprint density at radius 3 is 2.94 bits per heavy atom. The number of rotatable bonds is 2. The van der Waals surface area contributed by atoms with Gasteiger partial charge >= 0.3 is 0 Å². The van der Waals surface area contributed by atoms with Crippen LogP contribution in [0.3, 0.4) is 0 Å². The number of amides is 1. The summed E-state index contributed by atoms with van der Waals surface area (Å²) >= 11 is 0. The second-order valence-electron chi connectivity index (χ2n) is 4.46. The monoisotopic (exact) mass is 222 g/mol. The molecule has 5 nitrogen and oxygen atoms in total. The van der Waals surface area contributed by atoms with Crippen LogP contribution in [0.4, 0.5) is 0 Å². The van der Waals surface area contributed by atoms with Gasteiger partial charge in [0.2, 0.25) is 0 Å². The van der Waals surface area contributed by atoms with Crippen molar-refractivity contribution in [1.82, 2.24) is 15.5 Å². The van der Waals surface area contributed by atoms with Gasteiger partial charge in [0.1, 0.15) is 5.69 Å². The molecule has 1 aliphatic carbocycles. The molecule has 2 atom stereocenters. The van der Waals surface area contributed by atoms with E-state index in [0.29, 0.717) is 5.69 Å². The number of hydrogen-bond donors (Lipinski definition) is 3. The highest BCUT2D eigenvalue weighted by Crippen LogP contribution is 2.17. The topological polar surface area (TPSA) is 83.8 Å². The molecule has 16 heavy (non-hydrogen) atoms. The van der Waals surface area contributed by atoms with Gasteiger partial charge in [0.25, 0.3) is 5.91 Å². The van der Waals surface area contributed by atoms with Gasteiger partial charge in [-0.15, -0.1) is 0 Å². The standard InChI is InChI=1S/C11H18N4O/c1-7-6-10(15-14-7)11(16)13-9-5-3-2-4-8(9)12/h6,8-9H,2-5,12H2,1H3,(H,13,16)(H,14,15)/t8-,9+/m1/s1. The van der Waals surface area contributed by atoms with E-state index in [4.69, 9.17) is 5.73 Å². The van der Waals surface area contributed by atoms with Crippen LogP contribution in [0.25, 0.3) is 0 Å². The molecule has 1 aromatic heterocycles. The average molecular weight is 222 g/mol. The lowest BCUT2D eigenvalue weighted by Gasteiger charge is -2.28. The zero-order valence-corrected chi connectivity index (χ0v) is 9.49. The normalized spacial score (nSPS) is 25.4. The third-order valence-electron chi connectivity index (χ3n) is 3.07. The van der Waals surface area contributed by atoms with Crippen molar-refractivity contribution in [1.29, 1.82) is 0 Å². The quantitative estimate of drug-likeness (QED) is 0.689. The number of nitrogens with two attached hydrogens (primary N) is 1. The smallest absolute Gasteiger partial charge is 0.272 e. The van der Waals surface area contributed by atoms with Crippen LogP contribution in [0.5, 0.6) is 0 Å². The maximum Gasteiger partial charge on any atom is 0.272 e. The highest BCUT2D eigenvalue weighted by Gasteiger charge is 2.24. The molecule has 0 bridgehead atoms. The fourth-order valence-corrected chi connectivity index (χ4v) is 2.12. The van der Waals surface area contributed by atoms with Crippen molar-refractivity contribution < 1.29 is 4.79 Å². The molecule has 0 aromatic carbocycles. The summed E-state index contributed by atoms with van der Waals surface area (Å²) in [6, 6.07) is 1.92. The van der Waals surface area contributed by atoms with Crippen molar-refractivity contribution >= 4 is 5.91 Å². The van der Waals surface area contributed by atoms with E-state index in [1.807, 2.05) is 6.92 Å². The summed E-state index contributed by atoms with van der Waals surface area (Å²) < 4.78 is 0. The van der Waals surface area contributed by atoms with Gasteiger partial charge in [-0.05, 0) is 25.8 Å². The first-order chi connectivity index (χ1) is 7.66. The molecule has 88 valence electrons. The van der Waals surface area contributed by atoms with Crippen molar-refractivity contribution in [2.45, 2.75) is 44.7 Å². The van der Waals surface area contributed by atoms with E-state index in [9.17, 15) is 4.79 Å². The van der Waals surface area contributed by atoms with E-state index >= 15 is 0 Å². The zero-order chi connectivity index (χ0) is 11.5. The molecule has 1 heterocycles. The van der Waals surface area contributed by atoms with Gasteiger partial charge in [-0.2, -0.15) is 5.10 Å². The lowest BCUT2D eigenvalue weighted by molar-refractivity contribution is 0.0916. The summed E-state index contributed by atoms with van der Waals surface area (Å²) in [7, 11) is 0. The maximum atomic E-state index is 11.8. The Kier molecular flexibility index (Phi) is 3.24. The van der Waals surface area contributed by atoms with Gasteiger partial charge in [-0.25, -0.2) is 0 Å². The first-order valence-corrected chi connectivity index (χ1v) is 5.75. The fraction of sp³-hybridized carbons (Fsp3) is 0.636. The van der Waals surface area contributed by atoms with E-state index < -0.39 is 0 Å². The van der Waals surface area contributed by atoms with Gasteiger partial charge in [0.15, 0.2) is 0 Å². The van der Waals surface area contributed by atoms with Crippen molar-refractivity contribution in [3.63, 3.8) is 0 Å². The van der Waals surface area contributed by atoms with Crippen molar-refractivity contribution in [2.75, 3.05) is 0 Å². The summed E-state index contributed by atoms with van der Waals surface area (Å²) in [4.78, 5) is 11.8. The summed E-state index contributed by atoms with van der Waals surface area (Å²) in [5.41, 5.74) is 7.29. The molecule has 1 amide bonds. The van der Waals surface area contributed by atoms with Crippen molar-refractivity contribution in [2.24, 2.45) is 5.73 Å². The van der Waals surface area contributed by atoms with Crippen LogP contribution in [0, 0.1) is 6.92 Å². The highest BCUT2D eigenvalue weighted by molar-refractivity contribution is 5.92. The Labute approximate surface area is 94.8 Å². The second-order valence-corrected chi connectivity index (χ2v) is 4.46. The molecule has 0 aliphatic heterocycles. The third-order valence-corrected chi connectivity index (χ3v) is 3.07. The predicted molar refractivity (Wildman–Crippen MR) is 61.0 cm³/mol. The number of nitrogens with zero attached hydrogens (tertiary/aromatic N) is 1. The largest absolute Gasteiger partial charge is 0.346 e. The number of aryl methyl sites for hydroxylation is 1.